The zero-order valence-corrected chi connectivity index (χ0v) is 11.5. The molecule has 4 heteroatoms. The second kappa shape index (κ2) is 5.91. The number of nitrogens with two attached hydrogens (primary N) is 1. The van der Waals surface area contributed by atoms with Gasteiger partial charge in [0.15, 0.2) is 0 Å². The molecule has 2 aromatic rings. The second-order valence-corrected chi connectivity index (χ2v) is 4.74. The number of furan rings is 1. The van der Waals surface area contributed by atoms with E-state index in [0.717, 1.165) is 22.6 Å². The summed E-state index contributed by atoms with van der Waals surface area (Å²) in [6, 6.07) is 9.67. The summed E-state index contributed by atoms with van der Waals surface area (Å²) in [6.45, 7) is 5.93. The highest BCUT2D eigenvalue weighted by Crippen LogP contribution is 2.31. The molecule has 0 saturated carbocycles. The molecule has 3 N–H and O–H groups in total. The van der Waals surface area contributed by atoms with Gasteiger partial charge in [-0.2, -0.15) is 0 Å². The summed E-state index contributed by atoms with van der Waals surface area (Å²) in [6.07, 6.45) is 1.78. The predicted octanol–water partition coefficient (Wildman–Crippen LogP) is 2.93. The normalized spacial score (nSPS) is 12.7. The molecule has 0 aliphatic carbocycles. The highest BCUT2D eigenvalue weighted by atomic mass is 16.5. The van der Waals surface area contributed by atoms with Gasteiger partial charge >= 0.3 is 0 Å². The average molecular weight is 260 g/mol. The van der Waals surface area contributed by atoms with Crippen LogP contribution in [0.15, 0.2) is 41.0 Å². The quantitative estimate of drug-likeness (QED) is 0.641. The van der Waals surface area contributed by atoms with E-state index in [1.54, 1.807) is 6.26 Å². The van der Waals surface area contributed by atoms with Gasteiger partial charge in [-0.25, -0.2) is 5.43 Å². The highest BCUT2D eigenvalue weighted by molar-refractivity contribution is 5.42. The minimum Gasteiger partial charge on any atom is -0.491 e. The molecule has 4 nitrogen and oxygen atoms in total. The molecule has 1 aromatic carbocycles. The lowest BCUT2D eigenvalue weighted by Gasteiger charge is -2.21. The highest BCUT2D eigenvalue weighted by Gasteiger charge is 2.20. The fourth-order valence-corrected chi connectivity index (χ4v) is 2.12. The monoisotopic (exact) mass is 260 g/mol. The molecule has 0 amide bonds. The van der Waals surface area contributed by atoms with Crippen molar-refractivity contribution in [2.45, 2.75) is 32.9 Å². The lowest BCUT2D eigenvalue weighted by Crippen LogP contribution is -2.29. The molecule has 0 spiro atoms. The lowest BCUT2D eigenvalue weighted by atomic mass is 9.99. The van der Waals surface area contributed by atoms with Gasteiger partial charge in [0.25, 0.3) is 0 Å². The zero-order valence-electron chi connectivity index (χ0n) is 11.5. The van der Waals surface area contributed by atoms with Gasteiger partial charge in [-0.05, 0) is 32.9 Å². The van der Waals surface area contributed by atoms with Crippen molar-refractivity contribution in [3.63, 3.8) is 0 Å². The van der Waals surface area contributed by atoms with Crippen molar-refractivity contribution in [1.82, 2.24) is 5.43 Å². The summed E-state index contributed by atoms with van der Waals surface area (Å²) in [4.78, 5) is 0. The Hall–Kier alpha value is -1.78. The van der Waals surface area contributed by atoms with Crippen LogP contribution in [0.2, 0.25) is 0 Å². The maximum Gasteiger partial charge on any atom is 0.124 e. The smallest absolute Gasteiger partial charge is 0.124 e. The summed E-state index contributed by atoms with van der Waals surface area (Å²) in [7, 11) is 0. The van der Waals surface area contributed by atoms with Gasteiger partial charge < -0.3 is 9.15 Å². The predicted molar refractivity (Wildman–Crippen MR) is 74.8 cm³/mol. The van der Waals surface area contributed by atoms with Crippen LogP contribution in [0.1, 0.15) is 36.8 Å². The van der Waals surface area contributed by atoms with Crippen molar-refractivity contribution in [2.75, 3.05) is 0 Å². The number of hydrazine groups is 1. The molecular weight excluding hydrogens is 240 g/mol. The van der Waals surface area contributed by atoms with Crippen molar-refractivity contribution in [2.24, 2.45) is 5.84 Å². The fourth-order valence-electron chi connectivity index (χ4n) is 2.12. The van der Waals surface area contributed by atoms with E-state index < -0.39 is 0 Å². The molecule has 0 fully saturated rings. The molecule has 0 aliphatic heterocycles. The number of rotatable bonds is 5. The number of ether oxygens (including phenoxy) is 1. The van der Waals surface area contributed by atoms with Gasteiger partial charge in [0, 0.05) is 11.1 Å². The van der Waals surface area contributed by atoms with E-state index in [4.69, 9.17) is 15.0 Å². The summed E-state index contributed by atoms with van der Waals surface area (Å²) in [5, 5.41) is 0. The average Bonchev–Trinajstić information content (AvgIpc) is 2.78. The third-order valence-corrected chi connectivity index (χ3v) is 2.97. The number of para-hydroxylation sites is 1. The van der Waals surface area contributed by atoms with Crippen LogP contribution in [0.25, 0.3) is 0 Å². The number of hydrogen-bond donors (Lipinski definition) is 2. The van der Waals surface area contributed by atoms with Crippen LogP contribution in [0.3, 0.4) is 0 Å². The Bertz CT molecular complexity index is 534. The fraction of sp³-hybridized carbons (Fsp3) is 0.333. The molecule has 1 aromatic heterocycles. The van der Waals surface area contributed by atoms with E-state index in [0.29, 0.717) is 0 Å². The number of benzene rings is 1. The van der Waals surface area contributed by atoms with E-state index in [1.165, 1.54) is 0 Å². The maximum atomic E-state index is 5.84. The van der Waals surface area contributed by atoms with E-state index in [9.17, 15) is 0 Å². The molecule has 0 bridgehead atoms. The van der Waals surface area contributed by atoms with Gasteiger partial charge in [-0.15, -0.1) is 0 Å². The van der Waals surface area contributed by atoms with Crippen LogP contribution in [-0.2, 0) is 0 Å². The van der Waals surface area contributed by atoms with Crippen molar-refractivity contribution in [3.05, 3.63) is 53.5 Å². The Labute approximate surface area is 113 Å². The molecule has 1 unspecified atom stereocenters. The molecule has 19 heavy (non-hydrogen) atoms. The van der Waals surface area contributed by atoms with Crippen molar-refractivity contribution >= 4 is 0 Å². The number of hydrogen-bond acceptors (Lipinski definition) is 4. The van der Waals surface area contributed by atoms with Crippen LogP contribution in [0.5, 0.6) is 5.75 Å². The first kappa shape index (κ1) is 13.6. The van der Waals surface area contributed by atoms with E-state index in [1.807, 2.05) is 51.1 Å². The molecule has 102 valence electrons. The Morgan fingerprint density at radius 2 is 1.89 bits per heavy atom. The standard InChI is InChI=1S/C15H20N2O2/c1-10(2)19-14-7-5-4-6-13(14)15(17-16)12-8-9-18-11(12)3/h4-10,15,17H,16H2,1-3H3. The summed E-state index contributed by atoms with van der Waals surface area (Å²) < 4.78 is 11.2. The van der Waals surface area contributed by atoms with E-state index >= 15 is 0 Å². The van der Waals surface area contributed by atoms with Crippen molar-refractivity contribution in [3.8, 4) is 5.75 Å². The van der Waals surface area contributed by atoms with Crippen LogP contribution in [0.4, 0.5) is 0 Å². The molecule has 1 heterocycles. The topological polar surface area (TPSA) is 60.4 Å². The van der Waals surface area contributed by atoms with Crippen molar-refractivity contribution in [1.29, 1.82) is 0 Å². The molecule has 0 aliphatic rings. The van der Waals surface area contributed by atoms with Crippen molar-refractivity contribution < 1.29 is 9.15 Å². The SMILES string of the molecule is Cc1occc1C(NN)c1ccccc1OC(C)C. The maximum absolute atomic E-state index is 5.84. The zero-order chi connectivity index (χ0) is 13.8. The van der Waals surface area contributed by atoms with Crippen LogP contribution >= 0.6 is 0 Å². The van der Waals surface area contributed by atoms with Crippen LogP contribution in [-0.4, -0.2) is 6.10 Å². The van der Waals surface area contributed by atoms with Crippen LogP contribution < -0.4 is 16.0 Å². The third kappa shape index (κ3) is 2.97. The first-order valence-corrected chi connectivity index (χ1v) is 6.39. The van der Waals surface area contributed by atoms with E-state index in [-0.39, 0.29) is 12.1 Å². The first-order valence-electron chi connectivity index (χ1n) is 6.39. The van der Waals surface area contributed by atoms with Crippen LogP contribution in [0, 0.1) is 6.92 Å². The molecule has 0 saturated heterocycles. The molecule has 1 atom stereocenters. The Morgan fingerprint density at radius 1 is 1.16 bits per heavy atom. The summed E-state index contributed by atoms with van der Waals surface area (Å²) >= 11 is 0. The minimum absolute atomic E-state index is 0.116. The molecule has 2 rings (SSSR count). The van der Waals surface area contributed by atoms with Gasteiger partial charge in [-0.1, -0.05) is 18.2 Å². The third-order valence-electron chi connectivity index (χ3n) is 2.97. The molecular formula is C15H20N2O2. The second-order valence-electron chi connectivity index (χ2n) is 4.74. The Morgan fingerprint density at radius 3 is 2.47 bits per heavy atom. The van der Waals surface area contributed by atoms with E-state index in [2.05, 4.69) is 5.43 Å². The van der Waals surface area contributed by atoms with Gasteiger partial charge in [0.1, 0.15) is 11.5 Å². The summed E-state index contributed by atoms with van der Waals surface area (Å²) in [5.74, 6) is 7.40. The van der Waals surface area contributed by atoms with Gasteiger partial charge in [0.2, 0.25) is 0 Å². The molecule has 0 radical (unpaired) electrons. The minimum atomic E-state index is -0.145. The number of nitrogens with one attached hydrogen (secondary N) is 1. The lowest BCUT2D eigenvalue weighted by molar-refractivity contribution is 0.238. The first-order chi connectivity index (χ1) is 9.13. The largest absolute Gasteiger partial charge is 0.491 e. The van der Waals surface area contributed by atoms with Gasteiger partial charge in [-0.3, -0.25) is 5.84 Å². The number of aryl methyl sites for hydroxylation is 1. The Balaban J connectivity index is 2.41. The van der Waals surface area contributed by atoms with Gasteiger partial charge in [0.05, 0.1) is 18.4 Å². The summed E-state index contributed by atoms with van der Waals surface area (Å²) in [5.41, 5.74) is 4.85. The Kier molecular flexibility index (Phi) is 4.24.